The number of aromatic nitrogens is 1. The second-order valence-corrected chi connectivity index (χ2v) is 6.34. The topological polar surface area (TPSA) is 90.1 Å². The highest BCUT2D eigenvalue weighted by Gasteiger charge is 2.20. The molecule has 1 aromatic heterocycles. The molecule has 0 radical (unpaired) electrons. The predicted molar refractivity (Wildman–Crippen MR) is 96.8 cm³/mol. The van der Waals surface area contributed by atoms with Crippen LogP contribution in [0.15, 0.2) is 27.7 Å². The van der Waals surface area contributed by atoms with Crippen LogP contribution >= 0.6 is 0 Å². The Hall–Kier alpha value is -3.04. The number of guanidine groups is 1. The van der Waals surface area contributed by atoms with E-state index in [1.54, 1.807) is 13.1 Å². The van der Waals surface area contributed by atoms with Crippen LogP contribution in [0.1, 0.15) is 36.8 Å². The van der Waals surface area contributed by atoms with Crippen molar-refractivity contribution in [1.82, 2.24) is 15.8 Å². The molecule has 1 aromatic carbocycles. The van der Waals surface area contributed by atoms with Crippen LogP contribution in [0.3, 0.4) is 0 Å². The number of ether oxygens (including phenoxy) is 3. The van der Waals surface area contributed by atoms with Crippen molar-refractivity contribution in [2.45, 2.75) is 39.5 Å². The largest absolute Gasteiger partial charge is 0.454 e. The summed E-state index contributed by atoms with van der Waals surface area (Å²) in [5.74, 6) is 2.25. The summed E-state index contributed by atoms with van der Waals surface area (Å²) in [7, 11) is 1.60. The minimum Gasteiger partial charge on any atom is -0.454 e. The average Bonchev–Trinajstić information content (AvgIpc) is 3.30. The smallest absolute Gasteiger partial charge is 0.387 e. The number of benzene rings is 1. The van der Waals surface area contributed by atoms with E-state index in [0.717, 1.165) is 5.69 Å². The zero-order valence-corrected chi connectivity index (χ0v) is 15.8. The van der Waals surface area contributed by atoms with Gasteiger partial charge in [0.05, 0.1) is 12.2 Å². The van der Waals surface area contributed by atoms with E-state index in [0.29, 0.717) is 35.3 Å². The monoisotopic (exact) mass is 396 g/mol. The van der Waals surface area contributed by atoms with Crippen LogP contribution in [0.25, 0.3) is 0 Å². The van der Waals surface area contributed by atoms with Gasteiger partial charge in [0.15, 0.2) is 23.2 Å². The standard InChI is InChI=1S/C18H22F2N4O4/c1-10(2)13-5-12(28-24-13)8-23-18(21-3)22-7-11-4-15-16(26-9-25-15)6-14(11)27-17(19)20/h4-6,10,17H,7-9H2,1-3H3,(H2,21,22,23). The van der Waals surface area contributed by atoms with E-state index in [-0.39, 0.29) is 25.0 Å². The van der Waals surface area contributed by atoms with Crippen LogP contribution in [-0.4, -0.2) is 31.6 Å². The van der Waals surface area contributed by atoms with E-state index in [9.17, 15) is 8.78 Å². The van der Waals surface area contributed by atoms with Gasteiger partial charge in [-0.25, -0.2) is 0 Å². The highest BCUT2D eigenvalue weighted by atomic mass is 19.3. The van der Waals surface area contributed by atoms with Crippen LogP contribution in [0.4, 0.5) is 8.78 Å². The number of hydrogen-bond donors (Lipinski definition) is 2. The molecule has 2 heterocycles. The first-order valence-corrected chi connectivity index (χ1v) is 8.73. The van der Waals surface area contributed by atoms with Crippen LogP contribution in [0, 0.1) is 0 Å². The summed E-state index contributed by atoms with van der Waals surface area (Å²) in [6.45, 7) is 1.71. The van der Waals surface area contributed by atoms with Gasteiger partial charge in [0.1, 0.15) is 5.75 Å². The predicted octanol–water partition coefficient (Wildman–Crippen LogP) is 2.99. The molecular formula is C18H22F2N4O4. The Kier molecular flexibility index (Phi) is 6.17. The van der Waals surface area contributed by atoms with E-state index in [2.05, 4.69) is 25.5 Å². The number of halogens is 2. The number of nitrogens with one attached hydrogen (secondary N) is 2. The summed E-state index contributed by atoms with van der Waals surface area (Å²) in [6.07, 6.45) is 0. The highest BCUT2D eigenvalue weighted by molar-refractivity contribution is 5.79. The second kappa shape index (κ2) is 8.77. The summed E-state index contributed by atoms with van der Waals surface area (Å²) in [4.78, 5) is 4.11. The molecule has 1 aliphatic heterocycles. The van der Waals surface area contributed by atoms with Crippen molar-refractivity contribution in [3.8, 4) is 17.2 Å². The molecule has 0 spiro atoms. The molecule has 0 bridgehead atoms. The SMILES string of the molecule is CN=C(NCc1cc(C(C)C)no1)NCc1cc2c(cc1OC(F)F)OCO2. The fourth-order valence-corrected chi connectivity index (χ4v) is 2.56. The molecule has 0 unspecified atom stereocenters. The summed E-state index contributed by atoms with van der Waals surface area (Å²) < 4.78 is 45.8. The molecule has 2 N–H and O–H groups in total. The lowest BCUT2D eigenvalue weighted by molar-refractivity contribution is -0.0505. The minimum absolute atomic E-state index is 0.0130. The van der Waals surface area contributed by atoms with Gasteiger partial charge in [-0.1, -0.05) is 19.0 Å². The zero-order chi connectivity index (χ0) is 20.1. The lowest BCUT2D eigenvalue weighted by Gasteiger charge is -2.14. The zero-order valence-electron chi connectivity index (χ0n) is 15.8. The second-order valence-electron chi connectivity index (χ2n) is 6.34. The molecule has 1 aliphatic rings. The van der Waals surface area contributed by atoms with Crippen molar-refractivity contribution in [2.24, 2.45) is 4.99 Å². The minimum atomic E-state index is -2.95. The van der Waals surface area contributed by atoms with Crippen molar-refractivity contribution in [3.05, 3.63) is 35.2 Å². The number of hydrogen-bond acceptors (Lipinski definition) is 6. The fraction of sp³-hybridized carbons (Fsp3) is 0.444. The van der Waals surface area contributed by atoms with E-state index < -0.39 is 6.61 Å². The van der Waals surface area contributed by atoms with Gasteiger partial charge in [0.25, 0.3) is 0 Å². The number of fused-ring (bicyclic) bond motifs is 1. The molecule has 0 saturated heterocycles. The van der Waals surface area contributed by atoms with E-state index in [4.69, 9.17) is 14.0 Å². The molecule has 0 saturated carbocycles. The van der Waals surface area contributed by atoms with Gasteiger partial charge in [-0.05, 0) is 12.0 Å². The van der Waals surface area contributed by atoms with Gasteiger partial charge in [-0.3, -0.25) is 4.99 Å². The molecule has 0 amide bonds. The van der Waals surface area contributed by atoms with Crippen LogP contribution < -0.4 is 24.8 Å². The van der Waals surface area contributed by atoms with E-state index >= 15 is 0 Å². The molecule has 2 aromatic rings. The van der Waals surface area contributed by atoms with E-state index in [1.165, 1.54) is 6.07 Å². The molecule has 0 fully saturated rings. The maximum atomic E-state index is 12.7. The molecule has 10 heteroatoms. The van der Waals surface area contributed by atoms with E-state index in [1.807, 2.05) is 19.9 Å². The van der Waals surface area contributed by atoms with Gasteiger partial charge in [0.2, 0.25) is 6.79 Å². The fourth-order valence-electron chi connectivity index (χ4n) is 2.56. The third-order valence-electron chi connectivity index (χ3n) is 4.04. The normalized spacial score (nSPS) is 13.3. The van der Waals surface area contributed by atoms with Crippen LogP contribution in [0.5, 0.6) is 17.2 Å². The summed E-state index contributed by atoms with van der Waals surface area (Å²) in [5, 5.41) is 10.1. The number of nitrogens with zero attached hydrogens (tertiary/aromatic N) is 2. The molecule has 152 valence electrons. The lowest BCUT2D eigenvalue weighted by atomic mass is 10.1. The van der Waals surface area contributed by atoms with Gasteiger partial charge in [-0.2, -0.15) is 8.78 Å². The van der Waals surface area contributed by atoms with Gasteiger partial charge in [-0.15, -0.1) is 0 Å². The quantitative estimate of drug-likeness (QED) is 0.549. The molecular weight excluding hydrogens is 374 g/mol. The third kappa shape index (κ3) is 4.81. The van der Waals surface area contributed by atoms with Crippen molar-refractivity contribution in [1.29, 1.82) is 0 Å². The number of alkyl halides is 2. The average molecular weight is 396 g/mol. The molecule has 28 heavy (non-hydrogen) atoms. The number of rotatable bonds is 7. The lowest BCUT2D eigenvalue weighted by Crippen LogP contribution is -2.36. The first-order chi connectivity index (χ1) is 13.5. The van der Waals surface area contributed by atoms with Gasteiger partial charge >= 0.3 is 6.61 Å². The first-order valence-electron chi connectivity index (χ1n) is 8.73. The van der Waals surface area contributed by atoms with Crippen LogP contribution in [0.2, 0.25) is 0 Å². The molecule has 8 nitrogen and oxygen atoms in total. The summed E-state index contributed by atoms with van der Waals surface area (Å²) in [5.41, 5.74) is 1.35. The maximum Gasteiger partial charge on any atom is 0.387 e. The Bertz CT molecular complexity index is 839. The Morgan fingerprint density at radius 1 is 1.18 bits per heavy atom. The van der Waals surface area contributed by atoms with Crippen molar-refractivity contribution < 1.29 is 27.5 Å². The molecule has 0 aliphatic carbocycles. The Morgan fingerprint density at radius 3 is 2.54 bits per heavy atom. The Labute approximate surface area is 160 Å². The first kappa shape index (κ1) is 19.7. The van der Waals surface area contributed by atoms with Crippen molar-refractivity contribution in [2.75, 3.05) is 13.8 Å². The van der Waals surface area contributed by atoms with Crippen molar-refractivity contribution >= 4 is 5.96 Å². The maximum absolute atomic E-state index is 12.7. The van der Waals surface area contributed by atoms with Gasteiger partial charge < -0.3 is 29.4 Å². The highest BCUT2D eigenvalue weighted by Crippen LogP contribution is 2.38. The third-order valence-corrected chi connectivity index (χ3v) is 4.04. The van der Waals surface area contributed by atoms with Crippen molar-refractivity contribution in [3.63, 3.8) is 0 Å². The molecule has 0 atom stereocenters. The summed E-state index contributed by atoms with van der Waals surface area (Å²) >= 11 is 0. The Morgan fingerprint density at radius 2 is 1.89 bits per heavy atom. The number of aliphatic imine (C=N–C) groups is 1. The van der Waals surface area contributed by atoms with Gasteiger partial charge in [0, 0.05) is 31.3 Å². The molecule has 3 rings (SSSR count). The summed E-state index contributed by atoms with van der Waals surface area (Å²) in [6, 6.07) is 4.87. The Balaban J connectivity index is 1.62. The van der Waals surface area contributed by atoms with Crippen LogP contribution in [-0.2, 0) is 13.1 Å².